The summed E-state index contributed by atoms with van der Waals surface area (Å²) in [5, 5.41) is 0. The minimum atomic E-state index is -1.04. The maximum absolute atomic E-state index is 13.3. The highest BCUT2D eigenvalue weighted by Gasteiger charge is 2.71. The van der Waals surface area contributed by atoms with Gasteiger partial charge in [0.25, 0.3) is 0 Å². The van der Waals surface area contributed by atoms with E-state index in [-0.39, 0.29) is 30.2 Å². The SMILES string of the molecule is C=C1[C@H](O[C@H]2C=C(C)[C@H](c3ccoc3)C2)[C@@H]2OC(=O)[C@]3(C)C=CC(=O)[C@@](C)([C@@H]23)[C@H]1CC(=O)OC. The molecule has 7 nitrogen and oxygen atoms in total. The molecule has 34 heavy (non-hydrogen) atoms. The summed E-state index contributed by atoms with van der Waals surface area (Å²) in [6.07, 6.45) is 7.74. The largest absolute Gasteiger partial charge is 0.472 e. The van der Waals surface area contributed by atoms with Crippen LogP contribution >= 0.6 is 0 Å². The average Bonchev–Trinajstić information content (AvgIpc) is 3.51. The zero-order valence-corrected chi connectivity index (χ0v) is 19.9. The number of rotatable bonds is 5. The van der Waals surface area contributed by atoms with Gasteiger partial charge in [-0.25, -0.2) is 0 Å². The van der Waals surface area contributed by atoms with Crippen LogP contribution in [-0.4, -0.2) is 43.1 Å². The second kappa shape index (κ2) is 7.80. The summed E-state index contributed by atoms with van der Waals surface area (Å²) >= 11 is 0. The first-order valence-corrected chi connectivity index (χ1v) is 11.7. The topological polar surface area (TPSA) is 92.0 Å². The number of carbonyl (C=O) groups is 3. The molecule has 8 atom stereocenters. The van der Waals surface area contributed by atoms with Crippen molar-refractivity contribution in [1.29, 1.82) is 0 Å². The first-order valence-electron chi connectivity index (χ1n) is 11.7. The Hall–Kier alpha value is -2.93. The van der Waals surface area contributed by atoms with Gasteiger partial charge in [-0.2, -0.15) is 0 Å². The van der Waals surface area contributed by atoms with E-state index in [1.54, 1.807) is 25.5 Å². The second-order valence-corrected chi connectivity index (χ2v) is 10.4. The summed E-state index contributed by atoms with van der Waals surface area (Å²) in [4.78, 5) is 38.8. The Labute approximate surface area is 198 Å². The number of ether oxygens (including phenoxy) is 3. The van der Waals surface area contributed by atoms with Gasteiger partial charge in [0.2, 0.25) is 0 Å². The van der Waals surface area contributed by atoms with E-state index in [0.29, 0.717) is 5.57 Å². The van der Waals surface area contributed by atoms with E-state index in [4.69, 9.17) is 18.6 Å². The van der Waals surface area contributed by atoms with Crippen molar-refractivity contribution in [1.82, 2.24) is 0 Å². The van der Waals surface area contributed by atoms with E-state index in [2.05, 4.69) is 19.6 Å². The van der Waals surface area contributed by atoms with Crippen LogP contribution < -0.4 is 0 Å². The van der Waals surface area contributed by atoms with Crippen molar-refractivity contribution in [2.24, 2.45) is 22.7 Å². The zero-order valence-electron chi connectivity index (χ0n) is 19.9. The van der Waals surface area contributed by atoms with E-state index in [0.717, 1.165) is 12.0 Å². The highest BCUT2D eigenvalue weighted by atomic mass is 16.6. The quantitative estimate of drug-likeness (QED) is 0.480. The first kappa shape index (κ1) is 22.8. The van der Waals surface area contributed by atoms with Crippen LogP contribution in [0.1, 0.15) is 45.1 Å². The van der Waals surface area contributed by atoms with Crippen LogP contribution in [0, 0.1) is 22.7 Å². The lowest BCUT2D eigenvalue weighted by Crippen LogP contribution is -2.61. The minimum Gasteiger partial charge on any atom is -0.472 e. The van der Waals surface area contributed by atoms with Crippen LogP contribution in [-0.2, 0) is 28.6 Å². The highest BCUT2D eigenvalue weighted by molar-refractivity contribution is 6.00. The molecule has 0 spiro atoms. The van der Waals surface area contributed by atoms with Crippen molar-refractivity contribution in [2.75, 3.05) is 7.11 Å². The van der Waals surface area contributed by atoms with Gasteiger partial charge in [-0.05, 0) is 43.5 Å². The lowest BCUT2D eigenvalue weighted by molar-refractivity contribution is -0.161. The Kier molecular flexibility index (Phi) is 5.24. The summed E-state index contributed by atoms with van der Waals surface area (Å²) in [7, 11) is 1.32. The summed E-state index contributed by atoms with van der Waals surface area (Å²) < 4.78 is 22.7. The predicted molar refractivity (Wildman–Crippen MR) is 121 cm³/mol. The van der Waals surface area contributed by atoms with Crippen molar-refractivity contribution in [3.63, 3.8) is 0 Å². The standard InChI is InChI=1S/C27H30O7/c1-14-10-17(11-18(14)16-7-9-32-13-16)33-22-15(2)19(12-21(29)31-5)27(4)20(28)6-8-26(3)24(27)23(22)34-25(26)30/h6-10,13,17-19,22-24H,2,11-12H2,1,3-5H3/t17-,18+,19-,22-,23-,24-,26+,27-/m0/s1. The Morgan fingerprint density at radius 2 is 2.06 bits per heavy atom. The zero-order chi connectivity index (χ0) is 24.4. The van der Waals surface area contributed by atoms with Gasteiger partial charge in [0, 0.05) is 23.2 Å². The van der Waals surface area contributed by atoms with Gasteiger partial charge in [-0.1, -0.05) is 31.2 Å². The minimum absolute atomic E-state index is 0.0179. The number of esters is 2. The van der Waals surface area contributed by atoms with Crippen molar-refractivity contribution in [3.8, 4) is 0 Å². The van der Waals surface area contributed by atoms with E-state index < -0.39 is 40.8 Å². The van der Waals surface area contributed by atoms with Crippen molar-refractivity contribution >= 4 is 17.7 Å². The molecule has 0 unspecified atom stereocenters. The Balaban J connectivity index is 1.51. The van der Waals surface area contributed by atoms with E-state index in [9.17, 15) is 14.4 Å². The lowest BCUT2D eigenvalue weighted by atomic mass is 9.47. The van der Waals surface area contributed by atoms with E-state index in [1.165, 1.54) is 18.8 Å². The van der Waals surface area contributed by atoms with Crippen LogP contribution in [0.25, 0.3) is 0 Å². The number of allylic oxidation sites excluding steroid dienone is 2. The fourth-order valence-corrected chi connectivity index (χ4v) is 6.73. The van der Waals surface area contributed by atoms with Crippen LogP contribution in [0.15, 0.2) is 59.0 Å². The molecule has 4 aliphatic rings. The number of methoxy groups -OCH3 is 1. The van der Waals surface area contributed by atoms with Crippen molar-refractivity contribution < 1.29 is 33.0 Å². The van der Waals surface area contributed by atoms with E-state index in [1.807, 2.05) is 13.0 Å². The molecule has 180 valence electrons. The van der Waals surface area contributed by atoms with Gasteiger partial charge in [-0.15, -0.1) is 0 Å². The van der Waals surface area contributed by atoms with Crippen LogP contribution in [0.3, 0.4) is 0 Å². The Morgan fingerprint density at radius 3 is 2.74 bits per heavy atom. The predicted octanol–water partition coefficient (Wildman–Crippen LogP) is 3.91. The van der Waals surface area contributed by atoms with Crippen molar-refractivity contribution in [3.05, 3.63) is 60.1 Å². The molecule has 2 fully saturated rings. The number of carbonyl (C=O) groups excluding carboxylic acids is 3. The number of hydrogen-bond acceptors (Lipinski definition) is 7. The average molecular weight is 467 g/mol. The molecular formula is C27H30O7. The Morgan fingerprint density at radius 1 is 1.29 bits per heavy atom. The molecule has 0 aromatic carbocycles. The van der Waals surface area contributed by atoms with Gasteiger partial charge < -0.3 is 18.6 Å². The molecule has 2 heterocycles. The summed E-state index contributed by atoms with van der Waals surface area (Å²) in [6.45, 7) is 9.98. The smallest absolute Gasteiger partial charge is 0.316 e. The highest BCUT2D eigenvalue weighted by Crippen LogP contribution is 2.63. The molecule has 1 saturated heterocycles. The molecule has 1 aromatic rings. The van der Waals surface area contributed by atoms with Gasteiger partial charge in [0.15, 0.2) is 5.78 Å². The summed E-state index contributed by atoms with van der Waals surface area (Å²) in [6, 6.07) is 1.95. The lowest BCUT2D eigenvalue weighted by Gasteiger charge is -2.54. The third-order valence-corrected chi connectivity index (χ3v) is 8.58. The molecule has 3 aliphatic carbocycles. The summed E-state index contributed by atoms with van der Waals surface area (Å²) in [5.74, 6) is -1.81. The van der Waals surface area contributed by atoms with Gasteiger partial charge in [0.05, 0.1) is 37.6 Å². The van der Waals surface area contributed by atoms with Crippen LogP contribution in [0.5, 0.6) is 0 Å². The van der Waals surface area contributed by atoms with Gasteiger partial charge in [0.1, 0.15) is 12.2 Å². The normalized spacial score (nSPS) is 40.7. The summed E-state index contributed by atoms with van der Waals surface area (Å²) in [5.41, 5.74) is 0.832. The van der Waals surface area contributed by atoms with Crippen molar-refractivity contribution in [2.45, 2.75) is 57.8 Å². The number of hydrogen-bond donors (Lipinski definition) is 0. The number of furan rings is 1. The molecule has 0 bridgehead atoms. The molecule has 1 aromatic heterocycles. The first-order chi connectivity index (χ1) is 16.1. The van der Waals surface area contributed by atoms with E-state index >= 15 is 0 Å². The molecule has 7 heteroatoms. The fraction of sp³-hybridized carbons (Fsp3) is 0.519. The second-order valence-electron chi connectivity index (χ2n) is 10.4. The maximum atomic E-state index is 13.3. The van der Waals surface area contributed by atoms with Gasteiger partial charge in [-0.3, -0.25) is 14.4 Å². The molecule has 0 N–H and O–H groups in total. The molecule has 1 saturated carbocycles. The maximum Gasteiger partial charge on any atom is 0.316 e. The van der Waals surface area contributed by atoms with Gasteiger partial charge >= 0.3 is 11.9 Å². The molecule has 0 amide bonds. The molecule has 5 rings (SSSR count). The van der Waals surface area contributed by atoms with Crippen LogP contribution in [0.4, 0.5) is 0 Å². The monoisotopic (exact) mass is 466 g/mol. The third kappa shape index (κ3) is 3.09. The molecule has 1 aliphatic heterocycles. The van der Waals surface area contributed by atoms with Crippen LogP contribution in [0.2, 0.25) is 0 Å². The third-order valence-electron chi connectivity index (χ3n) is 8.58. The fourth-order valence-electron chi connectivity index (χ4n) is 6.73. The number of ketones is 1. The Bertz CT molecular complexity index is 1110. The molecular weight excluding hydrogens is 436 g/mol. The molecule has 0 radical (unpaired) electrons.